The zero-order valence-corrected chi connectivity index (χ0v) is 20.8. The molecule has 0 N–H and O–H groups in total. The Hall–Kier alpha value is -2.91. The minimum absolute atomic E-state index is 0.0502. The molecule has 35 heavy (non-hydrogen) atoms. The van der Waals surface area contributed by atoms with Gasteiger partial charge in [0.05, 0.1) is 34.5 Å². The molecule has 2 amide bonds. The standard InChI is InChI=1S/C25H25ClN4O4S/c1-15-27-13-20-14-29(25(32)30(15)20)19-6-8-28(9-7-19)24(31)22-12-23(22)35(33,34)21-5-3-16-10-18(26)4-2-17(16)11-21/h2-5,10-11,13,19,22-23H,6-9,12,14H2,1H3/t22-,23-/m1/s1. The molecule has 0 radical (unpaired) electrons. The molecule has 2 fully saturated rings. The number of piperidine rings is 1. The van der Waals surface area contributed by atoms with E-state index in [1.807, 2.05) is 11.8 Å². The molecule has 2 aliphatic heterocycles. The first-order chi connectivity index (χ1) is 16.7. The summed E-state index contributed by atoms with van der Waals surface area (Å²) in [6.45, 7) is 3.41. The summed E-state index contributed by atoms with van der Waals surface area (Å²) < 4.78 is 28.1. The van der Waals surface area contributed by atoms with Crippen LogP contribution in [0.5, 0.6) is 0 Å². The average Bonchev–Trinajstić information content (AvgIpc) is 3.49. The molecule has 10 heteroatoms. The van der Waals surface area contributed by atoms with Crippen molar-refractivity contribution in [2.75, 3.05) is 13.1 Å². The maximum absolute atomic E-state index is 13.2. The number of aryl methyl sites for hydroxylation is 1. The summed E-state index contributed by atoms with van der Waals surface area (Å²) in [5.74, 6) is 0.0975. The molecule has 3 aromatic rings. The lowest BCUT2D eigenvalue weighted by Crippen LogP contribution is -2.48. The molecule has 8 nitrogen and oxygen atoms in total. The van der Waals surface area contributed by atoms with Crippen LogP contribution >= 0.6 is 11.6 Å². The second-order valence-electron chi connectivity index (χ2n) is 9.68. The summed E-state index contributed by atoms with van der Waals surface area (Å²) in [5.41, 5.74) is 0.897. The highest BCUT2D eigenvalue weighted by Gasteiger charge is 2.53. The fraction of sp³-hybridized carbons (Fsp3) is 0.400. The highest BCUT2D eigenvalue weighted by atomic mass is 35.5. The molecule has 3 aliphatic rings. The van der Waals surface area contributed by atoms with Crippen LogP contribution in [0.1, 0.15) is 30.8 Å². The third-order valence-corrected chi connectivity index (χ3v) is 10.0. The smallest absolute Gasteiger partial charge is 0.330 e. The van der Waals surface area contributed by atoms with E-state index in [0.717, 1.165) is 16.5 Å². The van der Waals surface area contributed by atoms with Crippen LogP contribution in [0.4, 0.5) is 4.79 Å². The molecule has 6 rings (SSSR count). The fourth-order valence-electron chi connectivity index (χ4n) is 5.47. The van der Waals surface area contributed by atoms with Crippen LogP contribution in [0.3, 0.4) is 0 Å². The predicted octanol–water partition coefficient (Wildman–Crippen LogP) is 3.64. The Morgan fingerprint density at radius 2 is 1.80 bits per heavy atom. The SMILES string of the molecule is Cc1ncc2n1C(=O)N(C1CCN(C(=O)[C@@H]3C[C@H]3S(=O)(=O)c3ccc4cc(Cl)ccc4c3)CC1)C2. The van der Waals surface area contributed by atoms with Crippen molar-refractivity contribution in [1.29, 1.82) is 0 Å². The van der Waals surface area contributed by atoms with Crippen LogP contribution in [0.2, 0.25) is 5.02 Å². The minimum atomic E-state index is -3.60. The Labute approximate surface area is 208 Å². The van der Waals surface area contributed by atoms with E-state index in [4.69, 9.17) is 11.6 Å². The van der Waals surface area contributed by atoms with Gasteiger partial charge < -0.3 is 9.80 Å². The first-order valence-corrected chi connectivity index (χ1v) is 13.7. The number of fused-ring (bicyclic) bond motifs is 2. The third-order valence-electron chi connectivity index (χ3n) is 7.55. The van der Waals surface area contributed by atoms with Gasteiger partial charge in [0.25, 0.3) is 0 Å². The van der Waals surface area contributed by atoms with E-state index in [0.29, 0.717) is 49.7 Å². The van der Waals surface area contributed by atoms with Crippen LogP contribution in [-0.4, -0.2) is 64.1 Å². The van der Waals surface area contributed by atoms with Gasteiger partial charge in [0.1, 0.15) is 5.82 Å². The number of rotatable bonds is 4. The normalized spacial score (nSPS) is 22.6. The van der Waals surface area contributed by atoms with Crippen molar-refractivity contribution in [2.24, 2.45) is 5.92 Å². The van der Waals surface area contributed by atoms with E-state index in [-0.39, 0.29) is 22.9 Å². The summed E-state index contributed by atoms with van der Waals surface area (Å²) in [5, 5.41) is 1.59. The number of carbonyl (C=O) groups excluding carboxylic acids is 2. The molecule has 0 bridgehead atoms. The number of benzene rings is 2. The van der Waals surface area contributed by atoms with Crippen molar-refractivity contribution in [3.05, 3.63) is 59.1 Å². The summed E-state index contributed by atoms with van der Waals surface area (Å²) in [7, 11) is -3.60. The molecule has 1 aromatic heterocycles. The van der Waals surface area contributed by atoms with E-state index in [1.165, 1.54) is 0 Å². The number of sulfone groups is 1. The molecule has 0 unspecified atom stereocenters. The van der Waals surface area contributed by atoms with Crippen LogP contribution < -0.4 is 0 Å². The lowest BCUT2D eigenvalue weighted by Gasteiger charge is -2.36. The minimum Gasteiger partial charge on any atom is -0.342 e. The maximum Gasteiger partial charge on any atom is 0.330 e. The quantitative estimate of drug-likeness (QED) is 0.532. The van der Waals surface area contributed by atoms with E-state index in [9.17, 15) is 18.0 Å². The van der Waals surface area contributed by atoms with Gasteiger partial charge in [-0.2, -0.15) is 0 Å². The van der Waals surface area contributed by atoms with Crippen molar-refractivity contribution in [2.45, 2.75) is 48.9 Å². The number of likely N-dealkylation sites (tertiary alicyclic amines) is 1. The summed E-state index contributed by atoms with van der Waals surface area (Å²) in [6, 6.07) is 10.4. The molecule has 0 spiro atoms. The van der Waals surface area contributed by atoms with Gasteiger partial charge in [-0.15, -0.1) is 0 Å². The zero-order chi connectivity index (χ0) is 24.5. The molecule has 1 saturated heterocycles. The van der Waals surface area contributed by atoms with E-state index in [2.05, 4.69) is 4.98 Å². The summed E-state index contributed by atoms with van der Waals surface area (Å²) in [6.07, 6.45) is 3.47. The number of nitrogens with zero attached hydrogens (tertiary/aromatic N) is 4. The van der Waals surface area contributed by atoms with Crippen molar-refractivity contribution in [3.63, 3.8) is 0 Å². The second kappa shape index (κ2) is 8.06. The number of hydrogen-bond donors (Lipinski definition) is 0. The van der Waals surface area contributed by atoms with Gasteiger partial charge in [0.2, 0.25) is 5.91 Å². The Morgan fingerprint density at radius 3 is 2.54 bits per heavy atom. The topological polar surface area (TPSA) is 92.6 Å². The number of amides is 2. The summed E-state index contributed by atoms with van der Waals surface area (Å²) >= 11 is 6.03. The third kappa shape index (κ3) is 3.72. The van der Waals surface area contributed by atoms with Gasteiger partial charge in [0, 0.05) is 24.2 Å². The molecular formula is C25H25ClN4O4S. The number of carbonyl (C=O) groups is 2. The molecule has 182 valence electrons. The molecule has 2 aromatic carbocycles. The van der Waals surface area contributed by atoms with Crippen LogP contribution in [0.15, 0.2) is 47.5 Å². The van der Waals surface area contributed by atoms with Crippen LogP contribution in [0.25, 0.3) is 10.8 Å². The van der Waals surface area contributed by atoms with Gasteiger partial charge in [-0.1, -0.05) is 23.7 Å². The van der Waals surface area contributed by atoms with Crippen molar-refractivity contribution >= 4 is 44.1 Å². The van der Waals surface area contributed by atoms with Crippen LogP contribution in [-0.2, 0) is 21.2 Å². The largest absolute Gasteiger partial charge is 0.342 e. The highest BCUT2D eigenvalue weighted by Crippen LogP contribution is 2.43. The van der Waals surface area contributed by atoms with Crippen molar-refractivity contribution in [3.8, 4) is 0 Å². The second-order valence-corrected chi connectivity index (χ2v) is 12.3. The van der Waals surface area contributed by atoms with E-state index in [1.54, 1.807) is 52.1 Å². The Kier molecular flexibility index (Phi) is 5.19. The Balaban J connectivity index is 1.09. The maximum atomic E-state index is 13.2. The van der Waals surface area contributed by atoms with Crippen molar-refractivity contribution in [1.82, 2.24) is 19.4 Å². The lowest BCUT2D eigenvalue weighted by atomic mass is 10.0. The van der Waals surface area contributed by atoms with Gasteiger partial charge >= 0.3 is 6.03 Å². The van der Waals surface area contributed by atoms with Gasteiger partial charge in [0.15, 0.2) is 9.84 Å². The van der Waals surface area contributed by atoms with Gasteiger partial charge in [-0.3, -0.25) is 9.36 Å². The number of hydrogen-bond acceptors (Lipinski definition) is 5. The number of halogens is 1. The molecule has 1 saturated carbocycles. The number of aromatic nitrogens is 2. The lowest BCUT2D eigenvalue weighted by molar-refractivity contribution is -0.133. The monoisotopic (exact) mass is 512 g/mol. The fourth-order valence-corrected chi connectivity index (χ4v) is 7.56. The average molecular weight is 513 g/mol. The molecule has 1 aliphatic carbocycles. The van der Waals surface area contributed by atoms with E-state index >= 15 is 0 Å². The van der Waals surface area contributed by atoms with Crippen LogP contribution in [0, 0.1) is 12.8 Å². The predicted molar refractivity (Wildman–Crippen MR) is 131 cm³/mol. The zero-order valence-electron chi connectivity index (χ0n) is 19.2. The number of imidazole rings is 1. The first-order valence-electron chi connectivity index (χ1n) is 11.8. The summed E-state index contributed by atoms with van der Waals surface area (Å²) in [4.78, 5) is 34.0. The molecule has 3 heterocycles. The van der Waals surface area contributed by atoms with Gasteiger partial charge in [-0.25, -0.2) is 18.2 Å². The first kappa shape index (κ1) is 22.5. The molecular weight excluding hydrogens is 488 g/mol. The van der Waals surface area contributed by atoms with E-state index < -0.39 is 21.0 Å². The van der Waals surface area contributed by atoms with Gasteiger partial charge in [-0.05, 0) is 61.2 Å². The van der Waals surface area contributed by atoms with Crippen molar-refractivity contribution < 1.29 is 18.0 Å². The Bertz CT molecular complexity index is 1480. The molecule has 2 atom stereocenters. The Morgan fingerprint density at radius 1 is 1.09 bits per heavy atom. The highest BCUT2D eigenvalue weighted by molar-refractivity contribution is 7.92.